The first-order valence-corrected chi connectivity index (χ1v) is 16.4. The third-order valence-corrected chi connectivity index (χ3v) is 19.1. The van der Waals surface area contributed by atoms with Crippen molar-refractivity contribution in [3.63, 3.8) is 0 Å². The molecule has 0 aromatic carbocycles. The third-order valence-electron chi connectivity index (χ3n) is 5.09. The van der Waals surface area contributed by atoms with E-state index in [4.69, 9.17) is 53.1 Å². The van der Waals surface area contributed by atoms with Gasteiger partial charge in [0.2, 0.25) is 0 Å². The van der Waals surface area contributed by atoms with Crippen LogP contribution in [0.5, 0.6) is 0 Å². The van der Waals surface area contributed by atoms with Crippen LogP contribution in [0.1, 0.15) is 0 Å². The van der Waals surface area contributed by atoms with Crippen LogP contribution in [-0.2, 0) is 53.1 Å². The van der Waals surface area contributed by atoms with Crippen LogP contribution < -0.4 is 0 Å². The van der Waals surface area contributed by atoms with Crippen molar-refractivity contribution in [3.05, 3.63) is 16.6 Å². The second kappa shape index (κ2) is 14.3. The predicted molar refractivity (Wildman–Crippen MR) is 122 cm³/mol. The first-order chi connectivity index (χ1) is 15.2. The van der Waals surface area contributed by atoms with Crippen molar-refractivity contribution < 1.29 is 53.1 Å². The van der Waals surface area contributed by atoms with Gasteiger partial charge in [0.25, 0.3) is 0 Å². The van der Waals surface area contributed by atoms with Crippen molar-refractivity contribution in [2.24, 2.45) is 0 Å². The van der Waals surface area contributed by atoms with Crippen LogP contribution in [0.4, 0.5) is 0 Å². The molecular weight excluding hydrogens is 497 g/mol. The Bertz CT molecular complexity index is 525. The maximum absolute atomic E-state index is 5.72. The van der Waals surface area contributed by atoms with E-state index in [1.165, 1.54) is 85.3 Å². The summed E-state index contributed by atoms with van der Waals surface area (Å²) < 4.78 is 68.3. The minimum Gasteiger partial charge on any atom is -0.376 e. The quantitative estimate of drug-likeness (QED) is 0.192. The minimum atomic E-state index is -3.54. The first kappa shape index (κ1) is 31.9. The molecule has 0 atom stereocenters. The second-order valence-electron chi connectivity index (χ2n) is 5.93. The lowest BCUT2D eigenvalue weighted by molar-refractivity contribution is 0.0868. The molecule has 0 aliphatic rings. The van der Waals surface area contributed by atoms with Gasteiger partial charge in [-0.3, -0.25) is 0 Å². The third kappa shape index (κ3) is 5.93. The molecule has 0 N–H and O–H groups in total. The Balaban J connectivity index is 7.47. The Labute approximate surface area is 195 Å². The van der Waals surface area contributed by atoms with E-state index < -0.39 is 40.4 Å². The molecule has 0 aliphatic heterocycles. The zero-order valence-corrected chi connectivity index (χ0v) is 25.1. The largest absolute Gasteiger partial charge is 0.543 e. The summed E-state index contributed by atoms with van der Waals surface area (Å²) in [7, 11) is 3.58. The van der Waals surface area contributed by atoms with Crippen LogP contribution in [0.25, 0.3) is 0 Å². The fourth-order valence-electron chi connectivity index (χ4n) is 3.33. The maximum atomic E-state index is 5.72. The standard InChI is InChI=1S/C16H38O12Si4/c1-17-29(18-2,19-3)15(30(20-4,21-5)22-6)13-14-16(31(23-7,24-8)25-9)32(26-10,27-11)28-12/h13,15H,1-12H3. The van der Waals surface area contributed by atoms with Crippen molar-refractivity contribution in [1.82, 2.24) is 0 Å². The van der Waals surface area contributed by atoms with Gasteiger partial charge in [0.05, 0.1) is 0 Å². The molecule has 0 aromatic rings. The zero-order valence-electron chi connectivity index (χ0n) is 21.1. The number of hydrogen-bond acceptors (Lipinski definition) is 12. The molecule has 32 heavy (non-hydrogen) atoms. The molecule has 190 valence electrons. The van der Waals surface area contributed by atoms with E-state index in [1.807, 2.05) is 0 Å². The van der Waals surface area contributed by atoms with Crippen LogP contribution in [-0.4, -0.2) is 121 Å². The highest BCUT2D eigenvalue weighted by atomic mass is 28.5. The van der Waals surface area contributed by atoms with E-state index in [2.05, 4.69) is 5.73 Å². The average molecular weight is 535 g/mol. The highest BCUT2D eigenvalue weighted by Crippen LogP contribution is 2.37. The van der Waals surface area contributed by atoms with Crippen molar-refractivity contribution in [1.29, 1.82) is 0 Å². The van der Waals surface area contributed by atoms with E-state index in [-0.39, 0.29) is 0 Å². The molecule has 0 saturated carbocycles. The fourth-order valence-corrected chi connectivity index (χ4v) is 16.4. The van der Waals surface area contributed by atoms with Gasteiger partial charge in [-0.1, -0.05) is 0 Å². The summed E-state index contributed by atoms with van der Waals surface area (Å²) >= 11 is 0. The Hall–Kier alpha value is -0.0925. The predicted octanol–water partition coefficient (Wildman–Crippen LogP) is 0.568. The Morgan fingerprint density at radius 2 is 0.719 bits per heavy atom. The molecule has 0 unspecified atom stereocenters. The monoisotopic (exact) mass is 534 g/mol. The van der Waals surface area contributed by atoms with E-state index >= 15 is 0 Å². The highest BCUT2D eigenvalue weighted by Gasteiger charge is 2.64. The topological polar surface area (TPSA) is 111 Å². The van der Waals surface area contributed by atoms with Crippen LogP contribution in [0.15, 0.2) is 16.6 Å². The van der Waals surface area contributed by atoms with E-state index in [9.17, 15) is 0 Å². The first-order valence-electron chi connectivity index (χ1n) is 9.30. The average Bonchev–Trinajstić information content (AvgIpc) is 2.86. The van der Waals surface area contributed by atoms with Gasteiger partial charge in [0, 0.05) is 85.3 Å². The fraction of sp³-hybridized carbons (Fsp3) is 0.812. The molecule has 0 spiro atoms. The van der Waals surface area contributed by atoms with E-state index in [0.29, 0.717) is 4.82 Å². The molecule has 12 nitrogen and oxygen atoms in total. The zero-order chi connectivity index (χ0) is 25.1. The summed E-state index contributed by atoms with van der Waals surface area (Å²) in [6.07, 6.45) is 1.61. The SMILES string of the molecule is CO[Si](OC)(OC)C(=C=CC([Si](OC)(OC)OC)[Si](OC)(OC)OC)[Si](OC)(OC)OC. The molecule has 16 heteroatoms. The van der Waals surface area contributed by atoms with Crippen molar-refractivity contribution in [2.45, 2.75) is 5.16 Å². The normalized spacial score (nSPS) is 13.4. The number of allylic oxidation sites excluding steroid dienone is 1. The number of hydrogen-bond donors (Lipinski definition) is 0. The summed E-state index contributed by atoms with van der Waals surface area (Å²) in [5.41, 5.74) is 3.18. The molecule has 0 bridgehead atoms. The molecule has 0 rings (SSSR count). The van der Waals surface area contributed by atoms with Gasteiger partial charge in [-0.15, -0.1) is 5.73 Å². The minimum absolute atomic E-state index is 0.312. The Morgan fingerprint density at radius 3 is 0.906 bits per heavy atom. The van der Waals surface area contributed by atoms with Gasteiger partial charge in [-0.2, -0.15) is 0 Å². The molecule has 0 aromatic heterocycles. The summed E-state index contributed by atoms with van der Waals surface area (Å²) in [5.74, 6) is 0. The molecule has 0 saturated heterocycles. The summed E-state index contributed by atoms with van der Waals surface area (Å²) in [6.45, 7) is 0. The molecule has 0 fully saturated rings. The lowest BCUT2D eigenvalue weighted by atomic mass is 10.7. The summed E-state index contributed by atoms with van der Waals surface area (Å²) in [4.78, 5) is 0.312. The maximum Gasteiger partial charge on any atom is 0.543 e. The van der Waals surface area contributed by atoms with Gasteiger partial charge in [-0.05, 0) is 6.08 Å². The Morgan fingerprint density at radius 1 is 0.469 bits per heavy atom. The van der Waals surface area contributed by atoms with Gasteiger partial charge in [-0.25, -0.2) is 0 Å². The second-order valence-corrected chi connectivity index (χ2v) is 18.8. The lowest BCUT2D eigenvalue weighted by Crippen LogP contribution is -2.61. The molecule has 0 radical (unpaired) electrons. The van der Waals surface area contributed by atoms with Crippen molar-refractivity contribution in [2.75, 3.05) is 85.3 Å². The highest BCUT2D eigenvalue weighted by molar-refractivity contribution is 6.91. The summed E-state index contributed by atoms with van der Waals surface area (Å²) in [5, 5.41) is -0.750. The molecule has 0 amide bonds. The molecule has 0 aliphatic carbocycles. The van der Waals surface area contributed by atoms with E-state index in [1.54, 1.807) is 6.08 Å². The van der Waals surface area contributed by atoms with Gasteiger partial charge < -0.3 is 53.1 Å². The van der Waals surface area contributed by atoms with Gasteiger partial charge >= 0.3 is 35.2 Å². The van der Waals surface area contributed by atoms with Gasteiger partial charge in [0.15, 0.2) is 0 Å². The summed E-state index contributed by atoms with van der Waals surface area (Å²) in [6, 6.07) is 0. The smallest absolute Gasteiger partial charge is 0.376 e. The molecule has 0 heterocycles. The van der Waals surface area contributed by atoms with E-state index in [0.717, 1.165) is 0 Å². The van der Waals surface area contributed by atoms with Crippen LogP contribution >= 0.6 is 0 Å². The number of rotatable bonds is 17. The lowest BCUT2D eigenvalue weighted by Gasteiger charge is -2.38. The van der Waals surface area contributed by atoms with Crippen LogP contribution in [0.3, 0.4) is 0 Å². The van der Waals surface area contributed by atoms with Crippen molar-refractivity contribution >= 4 is 35.2 Å². The Kier molecular flexibility index (Phi) is 14.3. The van der Waals surface area contributed by atoms with Gasteiger partial charge in [0.1, 0.15) is 9.98 Å². The van der Waals surface area contributed by atoms with Crippen molar-refractivity contribution in [3.8, 4) is 0 Å². The van der Waals surface area contributed by atoms with Crippen LogP contribution in [0.2, 0.25) is 5.16 Å². The van der Waals surface area contributed by atoms with Crippen LogP contribution in [0, 0.1) is 0 Å². The molecular formula is C16H38O12Si4.